The lowest BCUT2D eigenvalue weighted by molar-refractivity contribution is -0.384. The van der Waals surface area contributed by atoms with E-state index in [4.69, 9.17) is 4.74 Å². The van der Waals surface area contributed by atoms with E-state index in [2.05, 4.69) is 9.88 Å². The molecule has 1 aliphatic rings. The van der Waals surface area contributed by atoms with E-state index in [1.165, 1.54) is 24.3 Å². The summed E-state index contributed by atoms with van der Waals surface area (Å²) in [7, 11) is 0. The summed E-state index contributed by atoms with van der Waals surface area (Å²) in [6, 6.07) is 14.5. The zero-order chi connectivity index (χ0) is 18.8. The van der Waals surface area contributed by atoms with Crippen LogP contribution < -0.4 is 9.64 Å². The topological polar surface area (TPSA) is 68.5 Å². The zero-order valence-electron chi connectivity index (χ0n) is 14.5. The Labute approximate surface area is 155 Å². The van der Waals surface area contributed by atoms with Gasteiger partial charge in [0.2, 0.25) is 0 Å². The van der Waals surface area contributed by atoms with Crippen LogP contribution in [0.25, 0.3) is 10.9 Å². The Morgan fingerprint density at radius 1 is 1.07 bits per heavy atom. The zero-order valence-corrected chi connectivity index (χ0v) is 14.5. The number of fused-ring (bicyclic) bond motifs is 1. The maximum absolute atomic E-state index is 13.0. The van der Waals surface area contributed by atoms with Gasteiger partial charge in [-0.15, -0.1) is 0 Å². The molecule has 7 heteroatoms. The van der Waals surface area contributed by atoms with E-state index in [1.807, 2.05) is 12.1 Å². The van der Waals surface area contributed by atoms with Crippen LogP contribution >= 0.6 is 0 Å². The van der Waals surface area contributed by atoms with Crippen LogP contribution in [-0.4, -0.2) is 29.1 Å². The number of aromatic nitrogens is 1. The summed E-state index contributed by atoms with van der Waals surface area (Å²) >= 11 is 0. The summed E-state index contributed by atoms with van der Waals surface area (Å²) in [5.41, 5.74) is 0.804. The van der Waals surface area contributed by atoms with Gasteiger partial charge in [0.25, 0.3) is 5.69 Å². The number of nitro groups is 1. The fourth-order valence-corrected chi connectivity index (χ4v) is 3.30. The van der Waals surface area contributed by atoms with Crippen LogP contribution in [0.15, 0.2) is 54.6 Å². The summed E-state index contributed by atoms with van der Waals surface area (Å²) in [5, 5.41) is 11.6. The minimum atomic E-state index is -0.404. The smallest absolute Gasteiger partial charge is 0.270 e. The molecule has 1 fully saturated rings. The second-order valence-electron chi connectivity index (χ2n) is 6.56. The van der Waals surface area contributed by atoms with E-state index in [9.17, 15) is 14.5 Å². The number of hydrogen-bond acceptors (Lipinski definition) is 5. The second-order valence-corrected chi connectivity index (χ2v) is 6.56. The van der Waals surface area contributed by atoms with Gasteiger partial charge in [0.15, 0.2) is 0 Å². The Kier molecular flexibility index (Phi) is 4.58. The first-order valence-electron chi connectivity index (χ1n) is 8.81. The third kappa shape index (κ3) is 3.81. The van der Waals surface area contributed by atoms with E-state index < -0.39 is 4.92 Å². The predicted octanol–water partition coefficient (Wildman–Crippen LogP) is 4.33. The number of nitro benzene ring substituents is 1. The standard InChI is InChI=1S/C20H18FN3O3/c21-15-2-5-17(6-3-15)27-18-9-11-23(12-10-18)20-8-1-14-13-16(24(25)26)4-7-19(14)22-20/h1-8,13,18H,9-12H2. The van der Waals surface area contributed by atoms with Gasteiger partial charge >= 0.3 is 0 Å². The molecular weight excluding hydrogens is 349 g/mol. The van der Waals surface area contributed by atoms with Crippen LogP contribution in [-0.2, 0) is 0 Å². The molecule has 0 N–H and O–H groups in total. The molecule has 3 aromatic rings. The summed E-state index contributed by atoms with van der Waals surface area (Å²) in [6.07, 6.45) is 1.78. The van der Waals surface area contributed by atoms with Crippen LogP contribution in [0.5, 0.6) is 5.75 Å². The predicted molar refractivity (Wildman–Crippen MR) is 101 cm³/mol. The normalized spacial score (nSPS) is 15.1. The molecule has 0 amide bonds. The van der Waals surface area contributed by atoms with Gasteiger partial charge in [0.05, 0.1) is 10.4 Å². The van der Waals surface area contributed by atoms with Crippen LogP contribution in [0.2, 0.25) is 0 Å². The van der Waals surface area contributed by atoms with Crippen molar-refractivity contribution in [2.75, 3.05) is 18.0 Å². The summed E-state index contributed by atoms with van der Waals surface area (Å²) < 4.78 is 18.9. The first-order chi connectivity index (χ1) is 13.1. The van der Waals surface area contributed by atoms with Gasteiger partial charge in [-0.2, -0.15) is 0 Å². The number of rotatable bonds is 4. The average molecular weight is 367 g/mol. The Bertz CT molecular complexity index is 970. The fraction of sp³-hybridized carbons (Fsp3) is 0.250. The van der Waals surface area contributed by atoms with Gasteiger partial charge in [-0.05, 0) is 42.5 Å². The van der Waals surface area contributed by atoms with Crippen molar-refractivity contribution in [3.05, 3.63) is 70.5 Å². The number of halogens is 1. The molecule has 1 saturated heterocycles. The molecule has 0 bridgehead atoms. The molecule has 2 heterocycles. The van der Waals surface area contributed by atoms with Gasteiger partial charge in [0.1, 0.15) is 23.5 Å². The number of nitrogens with zero attached hydrogens (tertiary/aromatic N) is 3. The van der Waals surface area contributed by atoms with Crippen molar-refractivity contribution in [1.29, 1.82) is 0 Å². The molecule has 0 saturated carbocycles. The van der Waals surface area contributed by atoms with Crippen molar-refractivity contribution in [3.63, 3.8) is 0 Å². The largest absolute Gasteiger partial charge is 0.490 e. The van der Waals surface area contributed by atoms with Crippen molar-refractivity contribution in [1.82, 2.24) is 4.98 Å². The maximum atomic E-state index is 13.0. The van der Waals surface area contributed by atoms with Crippen molar-refractivity contribution in [2.45, 2.75) is 18.9 Å². The third-order valence-electron chi connectivity index (χ3n) is 4.75. The SMILES string of the molecule is O=[N+]([O-])c1ccc2nc(N3CCC(Oc4ccc(F)cc4)CC3)ccc2c1. The van der Waals surface area contributed by atoms with Crippen molar-refractivity contribution >= 4 is 22.4 Å². The Morgan fingerprint density at radius 3 is 2.52 bits per heavy atom. The lowest BCUT2D eigenvalue weighted by Gasteiger charge is -2.33. The third-order valence-corrected chi connectivity index (χ3v) is 4.75. The van der Waals surface area contributed by atoms with Crippen LogP contribution in [0.4, 0.5) is 15.9 Å². The molecule has 2 aromatic carbocycles. The molecule has 27 heavy (non-hydrogen) atoms. The second kappa shape index (κ2) is 7.19. The molecule has 0 spiro atoms. The van der Waals surface area contributed by atoms with Gasteiger partial charge in [0, 0.05) is 43.5 Å². The fourth-order valence-electron chi connectivity index (χ4n) is 3.30. The van der Waals surface area contributed by atoms with Crippen LogP contribution in [0.1, 0.15) is 12.8 Å². The molecule has 6 nitrogen and oxygen atoms in total. The summed E-state index contributed by atoms with van der Waals surface area (Å²) in [5.74, 6) is 1.27. The molecule has 138 valence electrons. The molecule has 0 unspecified atom stereocenters. The highest BCUT2D eigenvalue weighted by Crippen LogP contribution is 2.26. The maximum Gasteiger partial charge on any atom is 0.270 e. The highest BCUT2D eigenvalue weighted by molar-refractivity contribution is 5.82. The van der Waals surface area contributed by atoms with Gasteiger partial charge in [-0.1, -0.05) is 0 Å². The Balaban J connectivity index is 1.42. The summed E-state index contributed by atoms with van der Waals surface area (Å²) in [6.45, 7) is 1.61. The molecule has 0 radical (unpaired) electrons. The number of pyridine rings is 1. The molecule has 0 aliphatic carbocycles. The van der Waals surface area contributed by atoms with E-state index in [-0.39, 0.29) is 17.6 Å². The highest BCUT2D eigenvalue weighted by atomic mass is 19.1. The minimum absolute atomic E-state index is 0.0656. The van der Waals surface area contributed by atoms with Crippen molar-refractivity contribution in [3.8, 4) is 5.75 Å². The molecule has 4 rings (SSSR count). The van der Waals surface area contributed by atoms with E-state index >= 15 is 0 Å². The first kappa shape index (κ1) is 17.2. The number of anilines is 1. The van der Waals surface area contributed by atoms with Crippen molar-refractivity contribution in [2.24, 2.45) is 0 Å². The number of ether oxygens (including phenoxy) is 1. The van der Waals surface area contributed by atoms with Crippen LogP contribution in [0.3, 0.4) is 0 Å². The molecule has 1 aliphatic heterocycles. The van der Waals surface area contributed by atoms with E-state index in [1.54, 1.807) is 18.2 Å². The van der Waals surface area contributed by atoms with E-state index in [0.29, 0.717) is 5.75 Å². The van der Waals surface area contributed by atoms with Gasteiger partial charge in [-0.3, -0.25) is 10.1 Å². The quantitative estimate of drug-likeness (QED) is 0.507. The van der Waals surface area contributed by atoms with Gasteiger partial charge < -0.3 is 9.64 Å². The molecule has 1 aromatic heterocycles. The lowest BCUT2D eigenvalue weighted by Crippen LogP contribution is -2.38. The number of hydrogen-bond donors (Lipinski definition) is 0. The van der Waals surface area contributed by atoms with Crippen molar-refractivity contribution < 1.29 is 14.1 Å². The Hall–Kier alpha value is -3.22. The van der Waals surface area contributed by atoms with Crippen LogP contribution in [0, 0.1) is 15.9 Å². The number of piperidine rings is 1. The lowest BCUT2D eigenvalue weighted by atomic mass is 10.1. The first-order valence-corrected chi connectivity index (χ1v) is 8.81. The summed E-state index contributed by atoms with van der Waals surface area (Å²) in [4.78, 5) is 17.3. The number of benzene rings is 2. The Morgan fingerprint density at radius 2 is 1.81 bits per heavy atom. The minimum Gasteiger partial charge on any atom is -0.490 e. The molecular formula is C20H18FN3O3. The highest BCUT2D eigenvalue weighted by Gasteiger charge is 2.22. The number of non-ortho nitro benzene ring substituents is 1. The molecule has 0 atom stereocenters. The van der Waals surface area contributed by atoms with Gasteiger partial charge in [-0.25, -0.2) is 9.37 Å². The average Bonchev–Trinajstić information content (AvgIpc) is 2.69. The monoisotopic (exact) mass is 367 g/mol. The van der Waals surface area contributed by atoms with E-state index in [0.717, 1.165) is 42.7 Å².